The molecule has 140 valence electrons. The van der Waals surface area contributed by atoms with Crippen LogP contribution in [0.25, 0.3) is 0 Å². The van der Waals surface area contributed by atoms with Crippen LogP contribution in [0.15, 0.2) is 23.1 Å². The molecule has 1 fully saturated rings. The normalized spacial score (nSPS) is 17.9. The summed E-state index contributed by atoms with van der Waals surface area (Å²) in [5.74, 6) is -0.0370. The molecule has 7 nitrogen and oxygen atoms in total. The predicted octanol–water partition coefficient (Wildman–Crippen LogP) is 1.79. The van der Waals surface area contributed by atoms with Crippen molar-refractivity contribution in [1.82, 2.24) is 4.31 Å². The molecule has 0 aromatic heterocycles. The maximum Gasteiger partial charge on any atom is 0.246 e. The standard InChI is InChI=1S/C17H27N3O4S/c1-4-12(2)16(18)17(21)19-13-7-8-15(14(11-13)24-3)25(22,23)20-9-5-6-10-20/h7-8,11-12,16H,4-6,9-10,18H2,1-3H3,(H,19,21). The van der Waals surface area contributed by atoms with Gasteiger partial charge in [-0.25, -0.2) is 8.42 Å². The lowest BCUT2D eigenvalue weighted by Gasteiger charge is -2.20. The molecule has 1 aliphatic rings. The Hall–Kier alpha value is -1.64. The van der Waals surface area contributed by atoms with Gasteiger partial charge in [-0.2, -0.15) is 4.31 Å². The third-order valence-electron chi connectivity index (χ3n) is 4.67. The van der Waals surface area contributed by atoms with Crippen LogP contribution in [0.2, 0.25) is 0 Å². The maximum atomic E-state index is 12.7. The Morgan fingerprint density at radius 1 is 1.36 bits per heavy atom. The summed E-state index contributed by atoms with van der Waals surface area (Å²) in [6, 6.07) is 3.93. The van der Waals surface area contributed by atoms with E-state index in [2.05, 4.69) is 5.32 Å². The van der Waals surface area contributed by atoms with Gasteiger partial charge in [-0.3, -0.25) is 4.79 Å². The third kappa shape index (κ3) is 4.31. The van der Waals surface area contributed by atoms with E-state index in [1.165, 1.54) is 23.5 Å². The van der Waals surface area contributed by atoms with E-state index in [0.29, 0.717) is 18.8 Å². The summed E-state index contributed by atoms with van der Waals surface area (Å²) >= 11 is 0. The monoisotopic (exact) mass is 369 g/mol. The minimum absolute atomic E-state index is 0.0525. The van der Waals surface area contributed by atoms with E-state index in [1.807, 2.05) is 13.8 Å². The van der Waals surface area contributed by atoms with Crippen LogP contribution in [0.3, 0.4) is 0 Å². The van der Waals surface area contributed by atoms with Gasteiger partial charge in [0.15, 0.2) is 0 Å². The lowest BCUT2D eigenvalue weighted by molar-refractivity contribution is -0.118. The van der Waals surface area contributed by atoms with E-state index in [-0.39, 0.29) is 22.5 Å². The summed E-state index contributed by atoms with van der Waals surface area (Å²) in [7, 11) is -2.18. The van der Waals surface area contributed by atoms with Crippen molar-refractivity contribution in [3.63, 3.8) is 0 Å². The van der Waals surface area contributed by atoms with Crippen LogP contribution < -0.4 is 15.8 Å². The topological polar surface area (TPSA) is 102 Å². The van der Waals surface area contributed by atoms with Gasteiger partial charge in [0.1, 0.15) is 10.6 Å². The Kier molecular flexibility index (Phi) is 6.42. The van der Waals surface area contributed by atoms with E-state index >= 15 is 0 Å². The van der Waals surface area contributed by atoms with Crippen LogP contribution in [-0.4, -0.2) is 44.9 Å². The molecule has 1 amide bonds. The van der Waals surface area contributed by atoms with Crippen LogP contribution in [0.4, 0.5) is 5.69 Å². The second kappa shape index (κ2) is 8.16. The number of nitrogens with zero attached hydrogens (tertiary/aromatic N) is 1. The van der Waals surface area contributed by atoms with Gasteiger partial charge in [-0.15, -0.1) is 0 Å². The van der Waals surface area contributed by atoms with Crippen molar-refractivity contribution in [2.45, 2.75) is 44.0 Å². The highest BCUT2D eigenvalue weighted by Crippen LogP contribution is 2.31. The molecule has 1 aromatic rings. The number of anilines is 1. The number of hydrogen-bond donors (Lipinski definition) is 2. The quantitative estimate of drug-likeness (QED) is 0.763. The third-order valence-corrected chi connectivity index (χ3v) is 6.61. The zero-order chi connectivity index (χ0) is 18.6. The second-order valence-electron chi connectivity index (χ2n) is 6.38. The van der Waals surface area contributed by atoms with Gasteiger partial charge in [0.05, 0.1) is 13.2 Å². The molecule has 0 aliphatic carbocycles. The van der Waals surface area contributed by atoms with Gasteiger partial charge in [-0.05, 0) is 30.9 Å². The molecule has 0 saturated carbocycles. The van der Waals surface area contributed by atoms with Crippen LogP contribution in [0.5, 0.6) is 5.75 Å². The highest BCUT2D eigenvalue weighted by molar-refractivity contribution is 7.89. The van der Waals surface area contributed by atoms with E-state index in [4.69, 9.17) is 10.5 Å². The number of sulfonamides is 1. The molecule has 1 aliphatic heterocycles. The van der Waals surface area contributed by atoms with Crippen molar-refractivity contribution in [3.8, 4) is 5.75 Å². The van der Waals surface area contributed by atoms with Crippen molar-refractivity contribution in [2.24, 2.45) is 11.7 Å². The summed E-state index contributed by atoms with van der Waals surface area (Å²) in [5, 5.41) is 2.73. The SMILES string of the molecule is CCC(C)C(N)C(=O)Nc1ccc(S(=O)(=O)N2CCCC2)c(OC)c1. The fourth-order valence-electron chi connectivity index (χ4n) is 2.76. The smallest absolute Gasteiger partial charge is 0.246 e. The molecule has 0 spiro atoms. The van der Waals surface area contributed by atoms with E-state index in [0.717, 1.165) is 19.3 Å². The van der Waals surface area contributed by atoms with Crippen LogP contribution in [-0.2, 0) is 14.8 Å². The number of rotatable bonds is 7. The first-order chi connectivity index (χ1) is 11.8. The summed E-state index contributed by atoms with van der Waals surface area (Å²) < 4.78 is 32.2. The molecule has 2 rings (SSSR count). The molecule has 1 saturated heterocycles. The molecule has 1 aromatic carbocycles. The molecular formula is C17H27N3O4S. The van der Waals surface area contributed by atoms with E-state index < -0.39 is 16.1 Å². The Morgan fingerprint density at radius 2 is 2.00 bits per heavy atom. The highest BCUT2D eigenvalue weighted by atomic mass is 32.2. The maximum absolute atomic E-state index is 12.7. The molecule has 25 heavy (non-hydrogen) atoms. The van der Waals surface area contributed by atoms with Gasteiger partial charge in [0.2, 0.25) is 15.9 Å². The number of carbonyl (C=O) groups is 1. The lowest BCUT2D eigenvalue weighted by atomic mass is 9.99. The first-order valence-corrected chi connectivity index (χ1v) is 10.00. The number of hydrogen-bond acceptors (Lipinski definition) is 5. The van der Waals surface area contributed by atoms with Crippen molar-refractivity contribution >= 4 is 21.6 Å². The summed E-state index contributed by atoms with van der Waals surface area (Å²) in [6.07, 6.45) is 2.53. The zero-order valence-corrected chi connectivity index (χ0v) is 15.8. The number of ether oxygens (including phenoxy) is 1. The van der Waals surface area contributed by atoms with Crippen molar-refractivity contribution < 1.29 is 17.9 Å². The largest absolute Gasteiger partial charge is 0.495 e. The number of carbonyl (C=O) groups excluding carboxylic acids is 1. The van der Waals surface area contributed by atoms with Gasteiger partial charge in [0, 0.05) is 24.8 Å². The Morgan fingerprint density at radius 3 is 2.56 bits per heavy atom. The van der Waals surface area contributed by atoms with Crippen LogP contribution in [0, 0.1) is 5.92 Å². The predicted molar refractivity (Wildman–Crippen MR) is 97.0 cm³/mol. The first-order valence-electron chi connectivity index (χ1n) is 8.56. The molecule has 0 bridgehead atoms. The molecule has 3 N–H and O–H groups in total. The second-order valence-corrected chi connectivity index (χ2v) is 8.28. The van der Waals surface area contributed by atoms with Gasteiger partial charge in [-0.1, -0.05) is 20.3 Å². The average Bonchev–Trinajstić information content (AvgIpc) is 3.15. The Balaban J connectivity index is 2.23. The van der Waals surface area contributed by atoms with Gasteiger partial charge < -0.3 is 15.8 Å². The Bertz CT molecular complexity index is 715. The molecule has 1 heterocycles. The van der Waals surface area contributed by atoms with Crippen molar-refractivity contribution in [3.05, 3.63) is 18.2 Å². The van der Waals surface area contributed by atoms with Gasteiger partial charge in [0.25, 0.3) is 0 Å². The minimum atomic E-state index is -3.59. The first kappa shape index (κ1) is 19.7. The fourth-order valence-corrected chi connectivity index (χ4v) is 4.42. The number of nitrogens with two attached hydrogens (primary N) is 1. The number of amides is 1. The van der Waals surface area contributed by atoms with E-state index in [1.54, 1.807) is 6.07 Å². The molecule has 8 heteroatoms. The molecule has 0 radical (unpaired) electrons. The lowest BCUT2D eigenvalue weighted by Crippen LogP contribution is -2.40. The van der Waals surface area contributed by atoms with Crippen LogP contribution >= 0.6 is 0 Å². The van der Waals surface area contributed by atoms with Crippen LogP contribution in [0.1, 0.15) is 33.1 Å². The van der Waals surface area contributed by atoms with E-state index in [9.17, 15) is 13.2 Å². The average molecular weight is 369 g/mol. The number of methoxy groups -OCH3 is 1. The molecule has 2 unspecified atom stereocenters. The number of benzene rings is 1. The summed E-state index contributed by atoms with van der Waals surface area (Å²) in [5.41, 5.74) is 6.38. The molecular weight excluding hydrogens is 342 g/mol. The highest BCUT2D eigenvalue weighted by Gasteiger charge is 2.30. The van der Waals surface area contributed by atoms with Crippen molar-refractivity contribution in [1.29, 1.82) is 0 Å². The van der Waals surface area contributed by atoms with Crippen molar-refractivity contribution in [2.75, 3.05) is 25.5 Å². The minimum Gasteiger partial charge on any atom is -0.495 e. The summed E-state index contributed by atoms with van der Waals surface area (Å²) in [4.78, 5) is 12.3. The number of nitrogens with one attached hydrogen (secondary N) is 1. The summed E-state index contributed by atoms with van der Waals surface area (Å²) in [6.45, 7) is 4.93. The zero-order valence-electron chi connectivity index (χ0n) is 15.0. The van der Waals surface area contributed by atoms with Gasteiger partial charge >= 0.3 is 0 Å². The molecule has 2 atom stereocenters. The Labute approximate surface area is 149 Å². The fraction of sp³-hybridized carbons (Fsp3) is 0.588.